The molecule has 1 aromatic carbocycles. The number of hydrogen-bond acceptors (Lipinski definition) is 4. The molecular weight excluding hydrogens is 398 g/mol. The Morgan fingerprint density at radius 1 is 1.22 bits per heavy atom. The first kappa shape index (κ1) is 16.4. The van der Waals surface area contributed by atoms with Crippen LogP contribution in [0.3, 0.4) is 0 Å². The van der Waals surface area contributed by atoms with Crippen LogP contribution in [0.5, 0.6) is 0 Å². The Morgan fingerprint density at radius 2 is 1.96 bits per heavy atom. The minimum atomic E-state index is -3.49. The summed E-state index contributed by atoms with van der Waals surface area (Å²) >= 11 is 4.49. The van der Waals surface area contributed by atoms with Crippen LogP contribution < -0.4 is 0 Å². The van der Waals surface area contributed by atoms with Crippen molar-refractivity contribution in [1.82, 2.24) is 14.1 Å². The molecular formula is C15H14BrN3O2S2. The van der Waals surface area contributed by atoms with E-state index in [2.05, 4.69) is 21.0 Å². The van der Waals surface area contributed by atoms with Crippen molar-refractivity contribution in [3.05, 3.63) is 64.2 Å². The van der Waals surface area contributed by atoms with E-state index in [4.69, 9.17) is 0 Å². The molecule has 0 saturated heterocycles. The quantitative estimate of drug-likeness (QED) is 0.645. The molecule has 0 aliphatic heterocycles. The van der Waals surface area contributed by atoms with E-state index in [1.807, 2.05) is 36.5 Å². The van der Waals surface area contributed by atoms with E-state index in [-0.39, 0.29) is 6.54 Å². The Kier molecular flexibility index (Phi) is 4.67. The van der Waals surface area contributed by atoms with Crippen LogP contribution in [0.15, 0.2) is 62.9 Å². The van der Waals surface area contributed by atoms with Gasteiger partial charge in [0.05, 0.1) is 15.7 Å². The maximum Gasteiger partial charge on any atom is 0.252 e. The Hall–Kier alpha value is -1.48. The monoisotopic (exact) mass is 411 g/mol. The molecule has 2 heterocycles. The van der Waals surface area contributed by atoms with Crippen LogP contribution in [-0.2, 0) is 16.6 Å². The molecule has 2 aromatic heterocycles. The molecule has 0 saturated carbocycles. The number of thiophene rings is 1. The Labute approximate surface area is 147 Å². The number of halogens is 1. The fraction of sp³-hybridized carbons (Fsp3) is 0.133. The van der Waals surface area contributed by atoms with Gasteiger partial charge in [0, 0.05) is 25.4 Å². The third-order valence-electron chi connectivity index (χ3n) is 3.28. The van der Waals surface area contributed by atoms with E-state index < -0.39 is 10.0 Å². The molecule has 0 atom stereocenters. The molecule has 5 nitrogen and oxygen atoms in total. The number of sulfonamides is 1. The van der Waals surface area contributed by atoms with Crippen LogP contribution in [0, 0.1) is 0 Å². The smallest absolute Gasteiger partial charge is 0.241 e. The molecule has 3 rings (SSSR count). The highest BCUT2D eigenvalue weighted by atomic mass is 79.9. The van der Waals surface area contributed by atoms with E-state index in [0.29, 0.717) is 4.21 Å². The second kappa shape index (κ2) is 6.56. The van der Waals surface area contributed by atoms with Gasteiger partial charge in [-0.25, -0.2) is 13.1 Å². The predicted octanol–water partition coefficient (Wildman–Crippen LogP) is 3.52. The van der Waals surface area contributed by atoms with Crippen LogP contribution in [0.25, 0.3) is 5.69 Å². The van der Waals surface area contributed by atoms with E-state index >= 15 is 0 Å². The van der Waals surface area contributed by atoms with Crippen molar-refractivity contribution in [1.29, 1.82) is 0 Å². The third kappa shape index (κ3) is 3.55. The summed E-state index contributed by atoms with van der Waals surface area (Å²) in [4.78, 5) is 0. The standard InChI is InChI=1S/C15H14BrN3O2S2/c1-18(23(20,21)15-8-7-14(16)22-15)10-12-9-17-19(11-12)13-5-3-2-4-6-13/h2-9,11H,10H2,1H3. The molecule has 0 radical (unpaired) electrons. The zero-order valence-corrected chi connectivity index (χ0v) is 15.5. The van der Waals surface area contributed by atoms with Crippen molar-refractivity contribution in [2.75, 3.05) is 7.05 Å². The van der Waals surface area contributed by atoms with Crippen molar-refractivity contribution < 1.29 is 8.42 Å². The molecule has 0 spiro atoms. The minimum Gasteiger partial charge on any atom is -0.241 e. The Bertz CT molecular complexity index is 904. The van der Waals surface area contributed by atoms with E-state index in [1.54, 1.807) is 30.1 Å². The number of nitrogens with zero attached hydrogens (tertiary/aromatic N) is 3. The molecule has 8 heteroatoms. The van der Waals surface area contributed by atoms with Gasteiger partial charge < -0.3 is 0 Å². The molecule has 0 fully saturated rings. The summed E-state index contributed by atoms with van der Waals surface area (Å²) in [5, 5.41) is 4.29. The normalized spacial score (nSPS) is 12.0. The summed E-state index contributed by atoms with van der Waals surface area (Å²) in [5.41, 5.74) is 1.77. The first-order chi connectivity index (χ1) is 11.0. The fourth-order valence-corrected chi connectivity index (χ4v) is 5.48. The molecule has 0 bridgehead atoms. The van der Waals surface area contributed by atoms with Gasteiger partial charge in [-0.3, -0.25) is 0 Å². The largest absolute Gasteiger partial charge is 0.252 e. The van der Waals surface area contributed by atoms with Crippen molar-refractivity contribution in [2.45, 2.75) is 10.8 Å². The fourth-order valence-electron chi connectivity index (χ4n) is 2.10. The number of rotatable bonds is 5. The van der Waals surface area contributed by atoms with Gasteiger partial charge in [0.1, 0.15) is 4.21 Å². The molecule has 0 unspecified atom stereocenters. The molecule has 0 aliphatic carbocycles. The maximum absolute atomic E-state index is 12.5. The topological polar surface area (TPSA) is 55.2 Å². The zero-order chi connectivity index (χ0) is 16.4. The first-order valence-electron chi connectivity index (χ1n) is 6.77. The Balaban J connectivity index is 1.78. The van der Waals surface area contributed by atoms with Gasteiger partial charge in [0.2, 0.25) is 0 Å². The maximum atomic E-state index is 12.5. The average molecular weight is 412 g/mol. The molecule has 0 aliphatic rings. The zero-order valence-electron chi connectivity index (χ0n) is 12.3. The van der Waals surface area contributed by atoms with Crippen molar-refractivity contribution >= 4 is 37.3 Å². The molecule has 0 amide bonds. The average Bonchev–Trinajstić information content (AvgIpc) is 3.17. The van der Waals surface area contributed by atoms with Gasteiger partial charge in [-0.05, 0) is 40.2 Å². The highest BCUT2D eigenvalue weighted by molar-refractivity contribution is 9.11. The third-order valence-corrected chi connectivity index (χ3v) is 7.17. The van der Waals surface area contributed by atoms with Crippen LogP contribution in [0.2, 0.25) is 0 Å². The first-order valence-corrected chi connectivity index (χ1v) is 9.82. The van der Waals surface area contributed by atoms with E-state index in [1.165, 1.54) is 15.6 Å². The van der Waals surface area contributed by atoms with Crippen molar-refractivity contribution in [3.8, 4) is 5.69 Å². The van der Waals surface area contributed by atoms with E-state index in [0.717, 1.165) is 15.0 Å². The highest BCUT2D eigenvalue weighted by Gasteiger charge is 2.23. The second-order valence-corrected chi connectivity index (χ2v) is 9.68. The van der Waals surface area contributed by atoms with Crippen LogP contribution in [0.4, 0.5) is 0 Å². The van der Waals surface area contributed by atoms with Crippen molar-refractivity contribution in [2.24, 2.45) is 0 Å². The lowest BCUT2D eigenvalue weighted by Crippen LogP contribution is -2.25. The second-order valence-electron chi connectivity index (χ2n) is 4.95. The van der Waals surface area contributed by atoms with Crippen LogP contribution in [0.1, 0.15) is 5.56 Å². The molecule has 0 N–H and O–H groups in total. The minimum absolute atomic E-state index is 0.269. The van der Waals surface area contributed by atoms with Gasteiger partial charge in [0.15, 0.2) is 0 Å². The summed E-state index contributed by atoms with van der Waals surface area (Å²) in [7, 11) is -1.91. The number of para-hydroxylation sites is 1. The lowest BCUT2D eigenvalue weighted by molar-refractivity contribution is 0.468. The number of benzene rings is 1. The van der Waals surface area contributed by atoms with Crippen LogP contribution >= 0.6 is 27.3 Å². The number of hydrogen-bond donors (Lipinski definition) is 0. The summed E-state index contributed by atoms with van der Waals surface area (Å²) in [5.74, 6) is 0. The summed E-state index contributed by atoms with van der Waals surface area (Å²) in [6, 6.07) is 13.0. The SMILES string of the molecule is CN(Cc1cnn(-c2ccccc2)c1)S(=O)(=O)c1ccc(Br)s1. The summed E-state index contributed by atoms with van der Waals surface area (Å²) in [6.07, 6.45) is 3.52. The van der Waals surface area contributed by atoms with Crippen LogP contribution in [-0.4, -0.2) is 29.6 Å². The lowest BCUT2D eigenvalue weighted by Gasteiger charge is -2.14. The van der Waals surface area contributed by atoms with Gasteiger partial charge in [-0.1, -0.05) is 18.2 Å². The summed E-state index contributed by atoms with van der Waals surface area (Å²) < 4.78 is 29.2. The van der Waals surface area contributed by atoms with Gasteiger partial charge in [-0.2, -0.15) is 9.40 Å². The predicted molar refractivity (Wildman–Crippen MR) is 94.2 cm³/mol. The lowest BCUT2D eigenvalue weighted by atomic mass is 10.3. The van der Waals surface area contributed by atoms with E-state index in [9.17, 15) is 8.42 Å². The molecule has 120 valence electrons. The number of aromatic nitrogens is 2. The van der Waals surface area contributed by atoms with Gasteiger partial charge in [-0.15, -0.1) is 11.3 Å². The van der Waals surface area contributed by atoms with Gasteiger partial charge in [0.25, 0.3) is 10.0 Å². The summed E-state index contributed by atoms with van der Waals surface area (Å²) in [6.45, 7) is 0.269. The Morgan fingerprint density at radius 3 is 2.61 bits per heavy atom. The molecule has 3 aromatic rings. The van der Waals surface area contributed by atoms with Gasteiger partial charge >= 0.3 is 0 Å². The molecule has 23 heavy (non-hydrogen) atoms. The van der Waals surface area contributed by atoms with Crippen molar-refractivity contribution in [3.63, 3.8) is 0 Å². The highest BCUT2D eigenvalue weighted by Crippen LogP contribution is 2.28.